The lowest BCUT2D eigenvalue weighted by molar-refractivity contribution is -0.0134. The van der Waals surface area contributed by atoms with Crippen molar-refractivity contribution in [2.75, 3.05) is 32.1 Å². The van der Waals surface area contributed by atoms with Crippen LogP contribution in [0.1, 0.15) is 13.3 Å². The normalized spacial score (nSPS) is 19.1. The maximum Gasteiger partial charge on any atom is 0.322 e. The van der Waals surface area contributed by atoms with E-state index in [-0.39, 0.29) is 12.1 Å². The summed E-state index contributed by atoms with van der Waals surface area (Å²) in [4.78, 5) is 17.9. The number of nitrogens with one attached hydrogen (secondary N) is 1. The smallest absolute Gasteiger partial charge is 0.322 e. The first kappa shape index (κ1) is 13.6. The molecule has 0 unspecified atom stereocenters. The molecule has 1 aliphatic rings. The van der Waals surface area contributed by atoms with E-state index in [1.807, 2.05) is 0 Å². The van der Waals surface area contributed by atoms with E-state index < -0.39 is 0 Å². The van der Waals surface area contributed by atoms with Crippen molar-refractivity contribution >= 4 is 11.7 Å². The van der Waals surface area contributed by atoms with Gasteiger partial charge in [0.05, 0.1) is 31.7 Å². The van der Waals surface area contributed by atoms with Crippen molar-refractivity contribution in [1.29, 1.82) is 0 Å². The third kappa shape index (κ3) is 3.57. The Kier molecular flexibility index (Phi) is 4.57. The van der Waals surface area contributed by atoms with Crippen molar-refractivity contribution in [1.82, 2.24) is 9.88 Å². The molecule has 6 heteroatoms. The molecule has 104 valence electrons. The number of aromatic nitrogens is 1. The Morgan fingerprint density at radius 2 is 2.47 bits per heavy atom. The van der Waals surface area contributed by atoms with Gasteiger partial charge in [-0.05, 0) is 12.5 Å². The number of pyridine rings is 1. The zero-order chi connectivity index (χ0) is 13.7. The number of nitrogens with zero attached hydrogens (tertiary/aromatic N) is 2. The summed E-state index contributed by atoms with van der Waals surface area (Å²) >= 11 is 0. The van der Waals surface area contributed by atoms with Gasteiger partial charge in [0.1, 0.15) is 0 Å². The third-order valence-electron chi connectivity index (χ3n) is 3.08. The Morgan fingerprint density at radius 1 is 1.63 bits per heavy atom. The third-order valence-corrected chi connectivity index (χ3v) is 3.08. The second kappa shape index (κ2) is 6.38. The highest BCUT2D eigenvalue weighted by Gasteiger charge is 2.22. The minimum absolute atomic E-state index is 0.117. The van der Waals surface area contributed by atoms with Crippen molar-refractivity contribution in [2.45, 2.75) is 19.4 Å². The molecule has 1 atom stereocenters. The summed E-state index contributed by atoms with van der Waals surface area (Å²) in [5.41, 5.74) is 0.658. The zero-order valence-corrected chi connectivity index (χ0v) is 11.3. The number of rotatable bonds is 3. The van der Waals surface area contributed by atoms with Gasteiger partial charge in [0, 0.05) is 19.2 Å². The van der Waals surface area contributed by atoms with Gasteiger partial charge in [-0.2, -0.15) is 0 Å². The summed E-state index contributed by atoms with van der Waals surface area (Å²) < 4.78 is 10.5. The monoisotopic (exact) mass is 265 g/mol. The molecule has 1 saturated heterocycles. The number of amides is 2. The van der Waals surface area contributed by atoms with Crippen LogP contribution in [0, 0.1) is 0 Å². The number of morpholine rings is 1. The lowest BCUT2D eigenvalue weighted by Crippen LogP contribution is -2.47. The first-order valence-electron chi connectivity index (χ1n) is 6.40. The molecular weight excluding hydrogens is 246 g/mol. The predicted octanol–water partition coefficient (Wildman–Crippen LogP) is 1.73. The SMILES string of the molecule is CC[C@@H]1CN(C(=O)Nc2ccc(OC)nc2)CCO1. The van der Waals surface area contributed by atoms with Gasteiger partial charge < -0.3 is 19.7 Å². The average molecular weight is 265 g/mol. The molecule has 1 aliphatic heterocycles. The van der Waals surface area contributed by atoms with Crippen LogP contribution >= 0.6 is 0 Å². The van der Waals surface area contributed by atoms with Gasteiger partial charge in [-0.1, -0.05) is 6.92 Å². The van der Waals surface area contributed by atoms with Crippen LogP contribution in [0.5, 0.6) is 5.88 Å². The van der Waals surface area contributed by atoms with E-state index in [0.717, 1.165) is 6.42 Å². The van der Waals surface area contributed by atoms with Crippen LogP contribution in [0.2, 0.25) is 0 Å². The Hall–Kier alpha value is -1.82. The Morgan fingerprint density at radius 3 is 3.11 bits per heavy atom. The van der Waals surface area contributed by atoms with Crippen LogP contribution in [0.3, 0.4) is 0 Å². The first-order chi connectivity index (χ1) is 9.22. The summed E-state index contributed by atoms with van der Waals surface area (Å²) in [5.74, 6) is 0.524. The molecule has 0 bridgehead atoms. The molecule has 0 spiro atoms. The number of ether oxygens (including phenoxy) is 2. The molecule has 19 heavy (non-hydrogen) atoms. The minimum atomic E-state index is -0.117. The molecule has 1 aromatic rings. The van der Waals surface area contributed by atoms with Gasteiger partial charge >= 0.3 is 6.03 Å². The number of carbonyl (C=O) groups is 1. The van der Waals surface area contributed by atoms with E-state index in [1.165, 1.54) is 0 Å². The first-order valence-corrected chi connectivity index (χ1v) is 6.40. The van der Waals surface area contributed by atoms with Gasteiger partial charge in [0.25, 0.3) is 0 Å². The van der Waals surface area contributed by atoms with Crippen LogP contribution in [-0.4, -0.2) is 48.8 Å². The van der Waals surface area contributed by atoms with E-state index in [2.05, 4.69) is 17.2 Å². The van der Waals surface area contributed by atoms with Gasteiger partial charge in [-0.15, -0.1) is 0 Å². The highest BCUT2D eigenvalue weighted by atomic mass is 16.5. The van der Waals surface area contributed by atoms with E-state index in [1.54, 1.807) is 30.3 Å². The van der Waals surface area contributed by atoms with E-state index in [9.17, 15) is 4.79 Å². The second-order valence-corrected chi connectivity index (χ2v) is 4.37. The summed E-state index contributed by atoms with van der Waals surface area (Å²) in [5, 5.41) is 2.82. The van der Waals surface area contributed by atoms with E-state index >= 15 is 0 Å². The lowest BCUT2D eigenvalue weighted by atomic mass is 10.2. The number of hydrogen-bond acceptors (Lipinski definition) is 4. The fourth-order valence-corrected chi connectivity index (χ4v) is 1.93. The maximum absolute atomic E-state index is 12.1. The van der Waals surface area contributed by atoms with Crippen LogP contribution in [-0.2, 0) is 4.74 Å². The lowest BCUT2D eigenvalue weighted by Gasteiger charge is -2.32. The zero-order valence-electron chi connectivity index (χ0n) is 11.3. The maximum atomic E-state index is 12.1. The van der Waals surface area contributed by atoms with E-state index in [0.29, 0.717) is 31.3 Å². The molecule has 0 radical (unpaired) electrons. The molecule has 0 aliphatic carbocycles. The Bertz CT molecular complexity index is 422. The molecule has 2 rings (SSSR count). The molecular formula is C13H19N3O3. The Balaban J connectivity index is 1.92. The van der Waals surface area contributed by atoms with Crippen molar-refractivity contribution < 1.29 is 14.3 Å². The minimum Gasteiger partial charge on any atom is -0.481 e. The fraction of sp³-hybridized carbons (Fsp3) is 0.538. The van der Waals surface area contributed by atoms with Crippen molar-refractivity contribution in [3.63, 3.8) is 0 Å². The topological polar surface area (TPSA) is 63.7 Å². The number of methoxy groups -OCH3 is 1. The van der Waals surface area contributed by atoms with Gasteiger partial charge in [-0.3, -0.25) is 0 Å². The molecule has 0 saturated carbocycles. The number of hydrogen-bond donors (Lipinski definition) is 1. The van der Waals surface area contributed by atoms with Crippen molar-refractivity contribution in [3.8, 4) is 5.88 Å². The fourth-order valence-electron chi connectivity index (χ4n) is 1.93. The highest BCUT2D eigenvalue weighted by Crippen LogP contribution is 2.13. The molecule has 2 amide bonds. The van der Waals surface area contributed by atoms with Crippen molar-refractivity contribution in [3.05, 3.63) is 18.3 Å². The van der Waals surface area contributed by atoms with Gasteiger partial charge in [0.2, 0.25) is 5.88 Å². The number of urea groups is 1. The van der Waals surface area contributed by atoms with Crippen LogP contribution in [0.4, 0.5) is 10.5 Å². The molecule has 6 nitrogen and oxygen atoms in total. The van der Waals surface area contributed by atoms with Crippen LogP contribution in [0.25, 0.3) is 0 Å². The van der Waals surface area contributed by atoms with Crippen LogP contribution < -0.4 is 10.1 Å². The summed E-state index contributed by atoms with van der Waals surface area (Å²) in [6.07, 6.45) is 2.62. The number of anilines is 1. The van der Waals surface area contributed by atoms with Crippen molar-refractivity contribution in [2.24, 2.45) is 0 Å². The Labute approximate surface area is 112 Å². The summed E-state index contributed by atoms with van der Waals surface area (Å²) in [6, 6.07) is 3.36. The highest BCUT2D eigenvalue weighted by molar-refractivity contribution is 5.89. The molecule has 1 fully saturated rings. The standard InChI is InChI=1S/C13H19N3O3/c1-3-11-9-16(6-7-19-11)13(17)15-10-4-5-12(18-2)14-8-10/h4-5,8,11H,3,6-7,9H2,1-2H3,(H,15,17)/t11-/m1/s1. The molecule has 1 N–H and O–H groups in total. The van der Waals surface area contributed by atoms with E-state index in [4.69, 9.17) is 9.47 Å². The number of carbonyl (C=O) groups excluding carboxylic acids is 1. The molecule has 0 aromatic carbocycles. The predicted molar refractivity (Wildman–Crippen MR) is 71.4 cm³/mol. The molecule has 2 heterocycles. The van der Waals surface area contributed by atoms with Gasteiger partial charge in [-0.25, -0.2) is 9.78 Å². The summed E-state index contributed by atoms with van der Waals surface area (Å²) in [6.45, 7) is 3.89. The quantitative estimate of drug-likeness (QED) is 0.904. The summed E-state index contributed by atoms with van der Waals surface area (Å²) in [7, 11) is 1.55. The van der Waals surface area contributed by atoms with Gasteiger partial charge in [0.15, 0.2) is 0 Å². The average Bonchev–Trinajstić information content (AvgIpc) is 2.48. The largest absolute Gasteiger partial charge is 0.481 e. The van der Waals surface area contributed by atoms with Crippen LogP contribution in [0.15, 0.2) is 18.3 Å². The molecule has 1 aromatic heterocycles. The second-order valence-electron chi connectivity index (χ2n) is 4.37.